The normalized spacial score (nSPS) is 11.2. The van der Waals surface area contributed by atoms with Crippen molar-refractivity contribution in [2.24, 2.45) is 10.2 Å². The highest BCUT2D eigenvalue weighted by Gasteiger charge is 1.84. The van der Waals surface area contributed by atoms with Crippen molar-refractivity contribution in [1.29, 1.82) is 0 Å². The number of pyridine rings is 2. The van der Waals surface area contributed by atoms with Crippen molar-refractivity contribution in [2.45, 2.75) is 0 Å². The molecule has 0 radical (unpaired) electrons. The third kappa shape index (κ3) is 3.09. The molecule has 0 aromatic carbocycles. The van der Waals surface area contributed by atoms with Gasteiger partial charge in [-0.15, -0.1) is 0 Å². The van der Waals surface area contributed by atoms with Gasteiger partial charge in [-0.2, -0.15) is 10.2 Å². The molecule has 0 aliphatic heterocycles. The van der Waals surface area contributed by atoms with Gasteiger partial charge in [-0.1, -0.05) is 0 Å². The molecule has 2 aromatic rings. The maximum Gasteiger partial charge on any atom is 0.0569 e. The van der Waals surface area contributed by atoms with E-state index >= 15 is 0 Å². The Kier molecular flexibility index (Phi) is 3.50. The van der Waals surface area contributed by atoms with Gasteiger partial charge < -0.3 is 0 Å². The minimum Gasteiger partial charge on any atom is -0.265 e. The SMILES string of the molecule is C(=N/N=C/c1ccncc1)c1ccncc1. The molecular formula is C12H10N4. The Labute approximate surface area is 93.4 Å². The number of hydrogen-bond donors (Lipinski definition) is 0. The first-order valence-corrected chi connectivity index (χ1v) is 4.81. The second-order valence-corrected chi connectivity index (χ2v) is 3.05. The van der Waals surface area contributed by atoms with Crippen LogP contribution in [0.1, 0.15) is 11.1 Å². The van der Waals surface area contributed by atoms with Gasteiger partial charge in [-0.3, -0.25) is 9.97 Å². The molecular weight excluding hydrogens is 200 g/mol. The number of rotatable bonds is 3. The number of aromatic nitrogens is 2. The molecule has 0 aliphatic rings. The van der Waals surface area contributed by atoms with Gasteiger partial charge in [0.2, 0.25) is 0 Å². The first-order valence-electron chi connectivity index (χ1n) is 4.81. The van der Waals surface area contributed by atoms with Crippen LogP contribution in [0.4, 0.5) is 0 Å². The molecule has 4 heteroatoms. The van der Waals surface area contributed by atoms with E-state index in [2.05, 4.69) is 20.2 Å². The monoisotopic (exact) mass is 210 g/mol. The van der Waals surface area contributed by atoms with Gasteiger partial charge in [0.1, 0.15) is 0 Å². The third-order valence-corrected chi connectivity index (χ3v) is 1.89. The van der Waals surface area contributed by atoms with Gasteiger partial charge in [0.05, 0.1) is 12.4 Å². The van der Waals surface area contributed by atoms with Gasteiger partial charge in [0, 0.05) is 24.8 Å². The molecule has 16 heavy (non-hydrogen) atoms. The molecule has 78 valence electrons. The number of nitrogens with zero attached hydrogens (tertiary/aromatic N) is 4. The van der Waals surface area contributed by atoms with Gasteiger partial charge in [0.25, 0.3) is 0 Å². The number of hydrogen-bond acceptors (Lipinski definition) is 4. The van der Waals surface area contributed by atoms with Gasteiger partial charge >= 0.3 is 0 Å². The zero-order chi connectivity index (χ0) is 11.1. The van der Waals surface area contributed by atoms with Crippen molar-refractivity contribution in [2.75, 3.05) is 0 Å². The van der Waals surface area contributed by atoms with Crippen molar-refractivity contribution < 1.29 is 0 Å². The van der Waals surface area contributed by atoms with Crippen molar-refractivity contribution in [3.63, 3.8) is 0 Å². The Morgan fingerprint density at radius 3 is 1.44 bits per heavy atom. The molecule has 0 saturated carbocycles. The summed E-state index contributed by atoms with van der Waals surface area (Å²) in [6, 6.07) is 7.47. The van der Waals surface area contributed by atoms with E-state index in [-0.39, 0.29) is 0 Å². The van der Waals surface area contributed by atoms with E-state index in [9.17, 15) is 0 Å². The van der Waals surface area contributed by atoms with Gasteiger partial charge in [0.15, 0.2) is 0 Å². The molecule has 0 N–H and O–H groups in total. The lowest BCUT2D eigenvalue weighted by Crippen LogP contribution is -1.81. The van der Waals surface area contributed by atoms with Gasteiger partial charge in [-0.05, 0) is 35.4 Å². The third-order valence-electron chi connectivity index (χ3n) is 1.89. The van der Waals surface area contributed by atoms with Crippen LogP contribution in [0.25, 0.3) is 0 Å². The van der Waals surface area contributed by atoms with E-state index < -0.39 is 0 Å². The second-order valence-electron chi connectivity index (χ2n) is 3.05. The van der Waals surface area contributed by atoms with Crippen LogP contribution < -0.4 is 0 Å². The van der Waals surface area contributed by atoms with Crippen LogP contribution in [0.15, 0.2) is 59.3 Å². The largest absolute Gasteiger partial charge is 0.265 e. The quantitative estimate of drug-likeness (QED) is 0.574. The summed E-state index contributed by atoms with van der Waals surface area (Å²) in [5, 5.41) is 7.87. The van der Waals surface area contributed by atoms with Crippen molar-refractivity contribution in [1.82, 2.24) is 9.97 Å². The van der Waals surface area contributed by atoms with Crippen LogP contribution in [0.2, 0.25) is 0 Å². The minimum absolute atomic E-state index is 0.974. The fourth-order valence-corrected chi connectivity index (χ4v) is 1.10. The van der Waals surface area contributed by atoms with Crippen molar-refractivity contribution in [3.8, 4) is 0 Å². The zero-order valence-corrected chi connectivity index (χ0v) is 8.56. The predicted octanol–water partition coefficient (Wildman–Crippen LogP) is 1.93. The molecule has 4 nitrogen and oxygen atoms in total. The lowest BCUT2D eigenvalue weighted by atomic mass is 10.3. The van der Waals surface area contributed by atoms with E-state index in [1.165, 1.54) is 0 Å². The second kappa shape index (κ2) is 5.50. The molecule has 2 rings (SSSR count). The molecule has 0 spiro atoms. The average molecular weight is 210 g/mol. The van der Waals surface area contributed by atoms with Crippen LogP contribution >= 0.6 is 0 Å². The molecule has 0 unspecified atom stereocenters. The van der Waals surface area contributed by atoms with E-state index in [4.69, 9.17) is 0 Å². The summed E-state index contributed by atoms with van der Waals surface area (Å²) in [5.74, 6) is 0. The summed E-state index contributed by atoms with van der Waals surface area (Å²) >= 11 is 0. The van der Waals surface area contributed by atoms with Crippen LogP contribution in [0.5, 0.6) is 0 Å². The summed E-state index contributed by atoms with van der Waals surface area (Å²) in [7, 11) is 0. The van der Waals surface area contributed by atoms with Crippen LogP contribution in [-0.2, 0) is 0 Å². The van der Waals surface area contributed by atoms with Crippen LogP contribution in [0.3, 0.4) is 0 Å². The van der Waals surface area contributed by atoms with E-state index in [1.54, 1.807) is 37.2 Å². The summed E-state index contributed by atoms with van der Waals surface area (Å²) in [4.78, 5) is 7.83. The average Bonchev–Trinajstić information content (AvgIpc) is 2.37. The topological polar surface area (TPSA) is 50.5 Å². The lowest BCUT2D eigenvalue weighted by Gasteiger charge is -1.88. The molecule has 0 aliphatic carbocycles. The lowest BCUT2D eigenvalue weighted by molar-refractivity contribution is 1.25. The van der Waals surface area contributed by atoms with Crippen molar-refractivity contribution in [3.05, 3.63) is 60.2 Å². The summed E-state index contributed by atoms with van der Waals surface area (Å²) < 4.78 is 0. The molecule has 0 saturated heterocycles. The highest BCUT2D eigenvalue weighted by molar-refractivity contribution is 5.82. The molecule has 0 bridgehead atoms. The maximum absolute atomic E-state index is 3.93. The Bertz CT molecular complexity index is 429. The molecule has 0 fully saturated rings. The molecule has 2 aromatic heterocycles. The Hall–Kier alpha value is -2.36. The fraction of sp³-hybridized carbons (Fsp3) is 0. The standard InChI is InChI=1S/C12H10N4/c1-5-13-6-2-11(1)9-15-16-10-12-3-7-14-8-4-12/h1-10H/b15-9+,16-10?. The molecule has 2 heterocycles. The minimum atomic E-state index is 0.974. The van der Waals surface area contributed by atoms with E-state index in [1.807, 2.05) is 24.3 Å². The fourth-order valence-electron chi connectivity index (χ4n) is 1.10. The highest BCUT2D eigenvalue weighted by Crippen LogP contribution is 1.93. The van der Waals surface area contributed by atoms with Crippen molar-refractivity contribution >= 4 is 12.4 Å². The molecule has 0 atom stereocenters. The zero-order valence-electron chi connectivity index (χ0n) is 8.56. The van der Waals surface area contributed by atoms with Gasteiger partial charge in [-0.25, -0.2) is 0 Å². The smallest absolute Gasteiger partial charge is 0.0569 e. The summed E-state index contributed by atoms with van der Waals surface area (Å²) in [6.07, 6.45) is 10.2. The van der Waals surface area contributed by atoms with E-state index in [0.717, 1.165) is 11.1 Å². The first kappa shape index (κ1) is 10.2. The first-order chi connectivity index (χ1) is 7.95. The van der Waals surface area contributed by atoms with Crippen LogP contribution in [-0.4, -0.2) is 22.4 Å². The highest BCUT2D eigenvalue weighted by atomic mass is 15.2. The van der Waals surface area contributed by atoms with Crippen LogP contribution in [0, 0.1) is 0 Å². The summed E-state index contributed by atoms with van der Waals surface area (Å²) in [5.41, 5.74) is 1.95. The Morgan fingerprint density at radius 1 is 0.688 bits per heavy atom. The Morgan fingerprint density at radius 2 is 1.06 bits per heavy atom. The maximum atomic E-state index is 3.93. The van der Waals surface area contributed by atoms with E-state index in [0.29, 0.717) is 0 Å². The predicted molar refractivity (Wildman–Crippen MR) is 63.7 cm³/mol. The summed E-state index contributed by atoms with van der Waals surface area (Å²) in [6.45, 7) is 0. The Balaban J connectivity index is 1.98. The molecule has 0 amide bonds.